The molecule has 0 spiro atoms. The van der Waals surface area contributed by atoms with Crippen LogP contribution in [0.3, 0.4) is 0 Å². The SMILES string of the molecule is Cl.O=C1C[C@H]2CC[C@@H](CN1CCC(=O)N1CCCc3ccccc31)N2. The molecule has 0 unspecified atom stereocenters. The summed E-state index contributed by atoms with van der Waals surface area (Å²) in [4.78, 5) is 28.9. The lowest BCUT2D eigenvalue weighted by Crippen LogP contribution is -2.41. The Balaban J connectivity index is 0.00000182. The molecule has 4 rings (SSSR count). The van der Waals surface area contributed by atoms with Gasteiger partial charge in [0.25, 0.3) is 0 Å². The molecule has 3 heterocycles. The first-order valence-electron chi connectivity index (χ1n) is 9.13. The van der Waals surface area contributed by atoms with Crippen LogP contribution in [0.2, 0.25) is 0 Å². The van der Waals surface area contributed by atoms with Gasteiger partial charge in [-0.3, -0.25) is 9.59 Å². The van der Waals surface area contributed by atoms with Gasteiger partial charge in [0.1, 0.15) is 0 Å². The molecule has 2 atom stereocenters. The summed E-state index contributed by atoms with van der Waals surface area (Å²) in [6.45, 7) is 2.08. The minimum absolute atomic E-state index is 0. The third-order valence-electron chi connectivity index (χ3n) is 5.56. The zero-order valence-electron chi connectivity index (χ0n) is 14.4. The molecule has 3 aliphatic heterocycles. The highest BCUT2D eigenvalue weighted by Gasteiger charge is 2.33. The molecule has 25 heavy (non-hydrogen) atoms. The molecule has 2 saturated heterocycles. The van der Waals surface area contributed by atoms with Crippen LogP contribution in [0.1, 0.15) is 37.7 Å². The van der Waals surface area contributed by atoms with Crippen LogP contribution in [0.15, 0.2) is 24.3 Å². The summed E-state index contributed by atoms with van der Waals surface area (Å²) in [5.74, 6) is 0.332. The largest absolute Gasteiger partial charge is 0.341 e. The Bertz CT molecular complexity index is 651. The number of para-hydroxylation sites is 1. The number of benzene rings is 1. The van der Waals surface area contributed by atoms with Gasteiger partial charge in [-0.25, -0.2) is 0 Å². The maximum atomic E-state index is 12.7. The molecule has 2 fully saturated rings. The number of amides is 2. The molecule has 1 aromatic rings. The van der Waals surface area contributed by atoms with Gasteiger partial charge in [0.2, 0.25) is 11.8 Å². The van der Waals surface area contributed by atoms with Gasteiger partial charge in [-0.15, -0.1) is 12.4 Å². The van der Waals surface area contributed by atoms with Crippen molar-refractivity contribution < 1.29 is 9.59 Å². The Morgan fingerprint density at radius 3 is 2.88 bits per heavy atom. The molecule has 0 radical (unpaired) electrons. The average Bonchev–Trinajstić information content (AvgIpc) is 2.97. The van der Waals surface area contributed by atoms with Gasteiger partial charge in [0.05, 0.1) is 0 Å². The van der Waals surface area contributed by atoms with E-state index in [-0.39, 0.29) is 24.2 Å². The zero-order chi connectivity index (χ0) is 16.5. The molecule has 0 aliphatic carbocycles. The highest BCUT2D eigenvalue weighted by Crippen LogP contribution is 2.27. The Labute approximate surface area is 155 Å². The lowest BCUT2D eigenvalue weighted by atomic mass is 10.0. The summed E-state index contributed by atoms with van der Waals surface area (Å²) in [6.07, 6.45) is 5.29. The number of hydrogen-bond donors (Lipinski definition) is 1. The maximum absolute atomic E-state index is 12.7. The van der Waals surface area contributed by atoms with E-state index in [1.54, 1.807) is 0 Å². The highest BCUT2D eigenvalue weighted by molar-refractivity contribution is 5.95. The van der Waals surface area contributed by atoms with Crippen molar-refractivity contribution in [3.8, 4) is 0 Å². The third-order valence-corrected chi connectivity index (χ3v) is 5.56. The number of likely N-dealkylation sites (tertiary alicyclic amines) is 1. The number of carbonyl (C=O) groups excluding carboxylic acids is 2. The van der Waals surface area contributed by atoms with Crippen molar-refractivity contribution in [2.24, 2.45) is 0 Å². The van der Waals surface area contributed by atoms with E-state index in [9.17, 15) is 9.59 Å². The molecule has 5 nitrogen and oxygen atoms in total. The van der Waals surface area contributed by atoms with Gasteiger partial charge >= 0.3 is 0 Å². The van der Waals surface area contributed by atoms with Crippen molar-refractivity contribution in [2.75, 3.05) is 24.5 Å². The number of nitrogens with zero attached hydrogens (tertiary/aromatic N) is 2. The number of fused-ring (bicyclic) bond motifs is 3. The predicted octanol–water partition coefficient (Wildman–Crippen LogP) is 2.13. The van der Waals surface area contributed by atoms with Crippen molar-refractivity contribution in [3.63, 3.8) is 0 Å². The van der Waals surface area contributed by atoms with Crippen molar-refractivity contribution >= 4 is 29.9 Å². The molecule has 0 saturated carbocycles. The number of halogens is 1. The smallest absolute Gasteiger partial charge is 0.228 e. The molecule has 1 aromatic carbocycles. The van der Waals surface area contributed by atoms with Crippen molar-refractivity contribution in [2.45, 2.75) is 50.6 Å². The molecule has 3 aliphatic rings. The van der Waals surface area contributed by atoms with E-state index >= 15 is 0 Å². The number of aryl methyl sites for hydroxylation is 1. The molecular weight excluding hydrogens is 338 g/mol. The van der Waals surface area contributed by atoms with Gasteiger partial charge < -0.3 is 15.1 Å². The predicted molar refractivity (Wildman–Crippen MR) is 100 cm³/mol. The summed E-state index contributed by atoms with van der Waals surface area (Å²) >= 11 is 0. The number of rotatable bonds is 3. The number of hydrogen-bond acceptors (Lipinski definition) is 3. The van der Waals surface area contributed by atoms with Gasteiger partial charge in [-0.1, -0.05) is 18.2 Å². The van der Waals surface area contributed by atoms with E-state index in [0.29, 0.717) is 31.5 Å². The fraction of sp³-hybridized carbons (Fsp3) is 0.579. The van der Waals surface area contributed by atoms with Crippen LogP contribution in [-0.4, -0.2) is 48.4 Å². The summed E-state index contributed by atoms with van der Waals surface area (Å²) in [6, 6.07) is 8.92. The van der Waals surface area contributed by atoms with Crippen LogP contribution in [0, 0.1) is 0 Å². The average molecular weight is 364 g/mol. The first kappa shape index (κ1) is 18.2. The summed E-state index contributed by atoms with van der Waals surface area (Å²) in [7, 11) is 0. The van der Waals surface area contributed by atoms with Gasteiger partial charge in [-0.2, -0.15) is 0 Å². The summed E-state index contributed by atoms with van der Waals surface area (Å²) < 4.78 is 0. The van der Waals surface area contributed by atoms with Crippen molar-refractivity contribution in [3.05, 3.63) is 29.8 Å². The highest BCUT2D eigenvalue weighted by atomic mass is 35.5. The quantitative estimate of drug-likeness (QED) is 0.895. The van der Waals surface area contributed by atoms with Gasteiger partial charge in [0.15, 0.2) is 0 Å². The van der Waals surface area contributed by atoms with E-state index in [2.05, 4.69) is 11.4 Å². The lowest BCUT2D eigenvalue weighted by molar-refractivity contribution is -0.131. The normalized spacial score (nSPS) is 25.2. The van der Waals surface area contributed by atoms with Crippen LogP contribution in [0.4, 0.5) is 5.69 Å². The molecule has 2 bridgehead atoms. The van der Waals surface area contributed by atoms with Crippen LogP contribution < -0.4 is 10.2 Å². The number of nitrogens with one attached hydrogen (secondary N) is 1. The summed E-state index contributed by atoms with van der Waals surface area (Å²) in [5, 5.41) is 3.52. The monoisotopic (exact) mass is 363 g/mol. The minimum atomic E-state index is 0. The van der Waals surface area contributed by atoms with Crippen molar-refractivity contribution in [1.82, 2.24) is 10.2 Å². The molecule has 1 N–H and O–H groups in total. The third kappa shape index (κ3) is 3.82. The Hall–Kier alpha value is -1.59. The topological polar surface area (TPSA) is 52.7 Å². The number of anilines is 1. The Kier molecular flexibility index (Phi) is 5.64. The van der Waals surface area contributed by atoms with E-state index in [4.69, 9.17) is 0 Å². The molecule has 136 valence electrons. The summed E-state index contributed by atoms with van der Waals surface area (Å²) in [5.41, 5.74) is 2.31. The van der Waals surface area contributed by atoms with E-state index in [1.807, 2.05) is 28.0 Å². The van der Waals surface area contributed by atoms with Gasteiger partial charge in [0, 0.05) is 50.2 Å². The van der Waals surface area contributed by atoms with E-state index in [0.717, 1.165) is 44.5 Å². The van der Waals surface area contributed by atoms with E-state index < -0.39 is 0 Å². The zero-order valence-corrected chi connectivity index (χ0v) is 15.3. The fourth-order valence-electron chi connectivity index (χ4n) is 4.29. The standard InChI is InChI=1S/C19H25N3O2.ClH/c23-18(22-10-3-5-14-4-1-2-6-17(14)22)9-11-21-13-16-8-7-15(20-16)12-19(21)24;/h1-2,4,6,15-16,20H,3,5,7-13H2;1H/t15-,16+;/m1./s1. The van der Waals surface area contributed by atoms with Gasteiger partial charge in [-0.05, 0) is 37.3 Å². The second-order valence-electron chi connectivity index (χ2n) is 7.21. The first-order valence-corrected chi connectivity index (χ1v) is 9.13. The maximum Gasteiger partial charge on any atom is 0.228 e. The molecule has 2 amide bonds. The fourth-order valence-corrected chi connectivity index (χ4v) is 4.29. The second kappa shape index (κ2) is 7.75. The lowest BCUT2D eigenvalue weighted by Gasteiger charge is -2.31. The van der Waals surface area contributed by atoms with Crippen LogP contribution >= 0.6 is 12.4 Å². The molecule has 0 aromatic heterocycles. The van der Waals surface area contributed by atoms with Crippen molar-refractivity contribution in [1.29, 1.82) is 0 Å². The Morgan fingerprint density at radius 2 is 2.00 bits per heavy atom. The second-order valence-corrected chi connectivity index (χ2v) is 7.21. The van der Waals surface area contributed by atoms with E-state index in [1.165, 1.54) is 5.56 Å². The Morgan fingerprint density at radius 1 is 1.20 bits per heavy atom. The first-order chi connectivity index (χ1) is 11.7. The van der Waals surface area contributed by atoms with Crippen LogP contribution in [0.5, 0.6) is 0 Å². The van der Waals surface area contributed by atoms with Crippen LogP contribution in [0.25, 0.3) is 0 Å². The van der Waals surface area contributed by atoms with Crippen LogP contribution in [-0.2, 0) is 16.0 Å². The molecule has 6 heteroatoms. The number of carbonyl (C=O) groups is 2. The molecular formula is C19H26ClN3O2. The minimum Gasteiger partial charge on any atom is -0.341 e.